The fourth-order valence-electron chi connectivity index (χ4n) is 3.71. The number of para-hydroxylation sites is 2. The molecule has 0 heterocycles. The van der Waals surface area contributed by atoms with Crippen LogP contribution in [0.3, 0.4) is 0 Å². The molecule has 0 radical (unpaired) electrons. The van der Waals surface area contributed by atoms with E-state index >= 15 is 0 Å². The number of ether oxygens (including phenoxy) is 1. The summed E-state index contributed by atoms with van der Waals surface area (Å²) in [6.45, 7) is 2.21. The second-order valence-corrected chi connectivity index (χ2v) is 10.8. The molecule has 0 N–H and O–H groups in total. The van der Waals surface area contributed by atoms with Crippen molar-refractivity contribution in [2.75, 3.05) is 0 Å². The Morgan fingerprint density at radius 3 is 1.60 bits per heavy atom. The molecule has 7 nitrogen and oxygen atoms in total. The quantitative estimate of drug-likeness (QED) is 0.173. The van der Waals surface area contributed by atoms with E-state index in [1.807, 2.05) is 0 Å². The summed E-state index contributed by atoms with van der Waals surface area (Å²) in [6, 6.07) is 9.67. The van der Waals surface area contributed by atoms with Gasteiger partial charge in [0.2, 0.25) is 0 Å². The van der Waals surface area contributed by atoms with Gasteiger partial charge in [0.25, 0.3) is 0 Å². The Morgan fingerprint density at radius 1 is 0.657 bits per heavy atom. The molecular weight excluding hydrogens is 510 g/mol. The van der Waals surface area contributed by atoms with Crippen molar-refractivity contribution in [3.05, 3.63) is 48.0 Å². The van der Waals surface area contributed by atoms with E-state index in [1.165, 1.54) is 44.9 Å². The molecule has 2 aromatic rings. The predicted octanol–water partition coefficient (Wildman–Crippen LogP) is -0.241. The van der Waals surface area contributed by atoms with Crippen molar-refractivity contribution in [3.8, 4) is 11.5 Å². The summed E-state index contributed by atoms with van der Waals surface area (Å²) in [4.78, 5) is -1.76. The number of hydrogen-bond acceptors (Lipinski definition) is 7. The minimum absolute atomic E-state index is 0. The van der Waals surface area contributed by atoms with E-state index < -0.39 is 35.8 Å². The molecule has 0 saturated carbocycles. The SMILES string of the molecule is CCCCCCCCCCCCc1ccccc1Oc1c(S(=O)(=O)[O-])cccc1S(=O)(=O)[O-].[Na+].[Na+]. The molecule has 2 aromatic carbocycles. The maximum absolute atomic E-state index is 11.6. The molecule has 0 bridgehead atoms. The number of rotatable bonds is 15. The molecular formula is C24H32Na2O7S2. The maximum Gasteiger partial charge on any atom is 1.00 e. The Labute approximate surface area is 254 Å². The van der Waals surface area contributed by atoms with Crippen molar-refractivity contribution in [3.63, 3.8) is 0 Å². The second-order valence-electron chi connectivity index (χ2n) is 8.13. The van der Waals surface area contributed by atoms with E-state index in [2.05, 4.69) is 6.92 Å². The van der Waals surface area contributed by atoms with Crippen LogP contribution in [-0.4, -0.2) is 25.9 Å². The Morgan fingerprint density at radius 2 is 1.11 bits per heavy atom. The van der Waals surface area contributed by atoms with Crippen molar-refractivity contribution in [2.45, 2.75) is 87.3 Å². The summed E-state index contributed by atoms with van der Waals surface area (Å²) in [5.41, 5.74) is 0.740. The van der Waals surface area contributed by atoms with Gasteiger partial charge in [0.05, 0.1) is 9.79 Å². The van der Waals surface area contributed by atoms with Gasteiger partial charge in [-0.15, -0.1) is 0 Å². The van der Waals surface area contributed by atoms with Crippen LogP contribution in [0.4, 0.5) is 0 Å². The van der Waals surface area contributed by atoms with Gasteiger partial charge in [-0.2, -0.15) is 0 Å². The number of unbranched alkanes of at least 4 members (excludes halogenated alkanes) is 9. The third-order valence-electron chi connectivity index (χ3n) is 5.47. The van der Waals surface area contributed by atoms with Gasteiger partial charge in [-0.05, 0) is 36.6 Å². The zero-order chi connectivity index (χ0) is 24.3. The zero-order valence-electron chi connectivity index (χ0n) is 21.0. The normalized spacial score (nSPS) is 11.4. The topological polar surface area (TPSA) is 124 Å². The van der Waals surface area contributed by atoms with Gasteiger partial charge < -0.3 is 13.8 Å². The van der Waals surface area contributed by atoms with Crippen LogP contribution in [0.5, 0.6) is 11.5 Å². The van der Waals surface area contributed by atoms with Crippen molar-refractivity contribution in [1.82, 2.24) is 0 Å². The molecule has 0 amide bonds. The Hall–Kier alpha value is 0.0600. The van der Waals surface area contributed by atoms with Crippen molar-refractivity contribution in [1.29, 1.82) is 0 Å². The first-order chi connectivity index (χ1) is 15.6. The summed E-state index contributed by atoms with van der Waals surface area (Å²) >= 11 is 0. The van der Waals surface area contributed by atoms with Crippen molar-refractivity contribution in [2.24, 2.45) is 0 Å². The van der Waals surface area contributed by atoms with Crippen LogP contribution in [0.25, 0.3) is 0 Å². The molecule has 0 unspecified atom stereocenters. The predicted molar refractivity (Wildman–Crippen MR) is 124 cm³/mol. The van der Waals surface area contributed by atoms with Crippen LogP contribution < -0.4 is 63.9 Å². The van der Waals surface area contributed by atoms with Crippen LogP contribution in [0, 0.1) is 0 Å². The number of hydrogen-bond donors (Lipinski definition) is 0. The molecule has 0 fully saturated rings. The van der Waals surface area contributed by atoms with E-state index in [4.69, 9.17) is 4.74 Å². The number of benzene rings is 2. The molecule has 184 valence electrons. The first-order valence-electron chi connectivity index (χ1n) is 11.4. The van der Waals surface area contributed by atoms with E-state index in [0.29, 0.717) is 6.42 Å². The van der Waals surface area contributed by atoms with Gasteiger partial charge >= 0.3 is 59.1 Å². The Bertz CT molecular complexity index is 1050. The molecule has 0 aliphatic carbocycles. The van der Waals surface area contributed by atoms with E-state index in [-0.39, 0.29) is 64.9 Å². The molecule has 2 rings (SSSR count). The Balaban J connectivity index is 0.00000578. The molecule has 0 aromatic heterocycles. The largest absolute Gasteiger partial charge is 1.00 e. The first-order valence-corrected chi connectivity index (χ1v) is 14.3. The number of aryl methyl sites for hydroxylation is 1. The smallest absolute Gasteiger partial charge is 0.744 e. The van der Waals surface area contributed by atoms with E-state index in [0.717, 1.165) is 43.0 Å². The van der Waals surface area contributed by atoms with Gasteiger partial charge in [0, 0.05) is 0 Å². The van der Waals surface area contributed by atoms with Gasteiger partial charge in [-0.3, -0.25) is 0 Å². The molecule has 35 heavy (non-hydrogen) atoms. The third-order valence-corrected chi connectivity index (χ3v) is 7.19. The van der Waals surface area contributed by atoms with E-state index in [9.17, 15) is 25.9 Å². The molecule has 0 saturated heterocycles. The van der Waals surface area contributed by atoms with Crippen LogP contribution in [0.2, 0.25) is 0 Å². The minimum Gasteiger partial charge on any atom is -0.744 e. The maximum atomic E-state index is 11.6. The molecule has 11 heteroatoms. The molecule has 0 spiro atoms. The summed E-state index contributed by atoms with van der Waals surface area (Å²) in [5, 5.41) is 0. The fourth-order valence-corrected chi connectivity index (χ4v) is 5.03. The van der Waals surface area contributed by atoms with Gasteiger partial charge in [0.1, 0.15) is 26.0 Å². The van der Waals surface area contributed by atoms with Crippen LogP contribution in [-0.2, 0) is 26.7 Å². The molecule has 0 aliphatic rings. The van der Waals surface area contributed by atoms with Gasteiger partial charge in [-0.25, -0.2) is 16.8 Å². The first kappa shape index (κ1) is 35.1. The van der Waals surface area contributed by atoms with Gasteiger partial charge in [-0.1, -0.05) is 89.0 Å². The minimum atomic E-state index is -5.07. The third kappa shape index (κ3) is 12.4. The fraction of sp³-hybridized carbons (Fsp3) is 0.500. The summed E-state index contributed by atoms with van der Waals surface area (Å²) < 4.78 is 75.5. The van der Waals surface area contributed by atoms with Crippen molar-refractivity contribution >= 4 is 20.2 Å². The average molecular weight is 543 g/mol. The monoisotopic (exact) mass is 542 g/mol. The summed E-state index contributed by atoms with van der Waals surface area (Å²) in [5.74, 6) is -0.535. The van der Waals surface area contributed by atoms with Crippen LogP contribution >= 0.6 is 0 Å². The summed E-state index contributed by atoms with van der Waals surface area (Å²) in [6.07, 6.45) is 12.5. The van der Waals surface area contributed by atoms with E-state index in [1.54, 1.807) is 24.3 Å². The summed E-state index contributed by atoms with van der Waals surface area (Å²) in [7, 11) is -10.1. The zero-order valence-corrected chi connectivity index (χ0v) is 26.6. The molecule has 0 atom stereocenters. The average Bonchev–Trinajstić information content (AvgIpc) is 2.74. The Kier molecular flexibility index (Phi) is 17.6. The van der Waals surface area contributed by atoms with Crippen LogP contribution in [0.1, 0.15) is 76.7 Å². The van der Waals surface area contributed by atoms with Crippen LogP contribution in [0.15, 0.2) is 52.3 Å². The van der Waals surface area contributed by atoms with Gasteiger partial charge in [0.15, 0.2) is 5.75 Å². The standard InChI is InChI=1S/C24H34O7S2.2Na/c1-2-3-4-5-6-7-8-9-10-11-15-20-16-12-13-17-21(20)31-24-22(32(25,26)27)18-14-19-23(24)33(28,29)30;;/h12-14,16-19H,2-11,15H2,1H3,(H,25,26,27)(H,28,29,30);;/q;2*+1/p-2. The second kappa shape index (κ2) is 17.5. The van der Waals surface area contributed by atoms with Crippen molar-refractivity contribution < 1.29 is 89.8 Å². The molecule has 0 aliphatic heterocycles.